The van der Waals surface area contributed by atoms with E-state index in [1.54, 1.807) is 0 Å². The molecule has 1 aliphatic heterocycles. The molecule has 0 radical (unpaired) electrons. The zero-order chi connectivity index (χ0) is 34.8. The molecule has 0 aliphatic carbocycles. The SMILES string of the molecule is CC1(C)c2ccccc2N(c2cc(-c3ccc(N(c4ccccc4)c4ccc5ccccc5c4)cc3)c3oc4ccccc4c3c2)c2ccccc21. The van der Waals surface area contributed by atoms with E-state index in [1.807, 2.05) is 6.07 Å². The van der Waals surface area contributed by atoms with Crippen molar-refractivity contribution in [1.82, 2.24) is 0 Å². The molecule has 0 saturated heterocycles. The minimum Gasteiger partial charge on any atom is -0.455 e. The van der Waals surface area contributed by atoms with Gasteiger partial charge in [-0.3, -0.25) is 0 Å². The number of hydrogen-bond acceptors (Lipinski definition) is 3. The van der Waals surface area contributed by atoms with Crippen LogP contribution in [0.15, 0.2) is 186 Å². The number of fused-ring (bicyclic) bond motifs is 6. The molecule has 0 atom stereocenters. The van der Waals surface area contributed by atoms with Crippen LogP contribution in [0.4, 0.5) is 34.1 Å². The number of rotatable bonds is 5. The molecule has 0 unspecified atom stereocenters. The lowest BCUT2D eigenvalue weighted by Gasteiger charge is -2.42. The molecule has 10 rings (SSSR count). The Balaban J connectivity index is 1.16. The third kappa shape index (κ3) is 4.74. The summed E-state index contributed by atoms with van der Waals surface area (Å²) in [6.45, 7) is 4.66. The number of furan rings is 1. The van der Waals surface area contributed by atoms with Crippen LogP contribution in [-0.4, -0.2) is 0 Å². The first kappa shape index (κ1) is 30.3. The molecule has 0 spiro atoms. The van der Waals surface area contributed by atoms with Crippen LogP contribution in [0.5, 0.6) is 0 Å². The normalized spacial score (nSPS) is 13.3. The summed E-state index contributed by atoms with van der Waals surface area (Å²) in [7, 11) is 0. The monoisotopic (exact) mass is 668 g/mol. The predicted octanol–water partition coefficient (Wildman–Crippen LogP) is 14.0. The molecule has 248 valence electrons. The molecule has 3 nitrogen and oxygen atoms in total. The fraction of sp³-hybridized carbons (Fsp3) is 0.0612. The maximum Gasteiger partial charge on any atom is 0.143 e. The standard InChI is InChI=1S/C49H36N2O/c1-49(2)43-19-9-11-21-45(43)51(46-22-12-10-20-44(46)49)39-31-41(48-42(32-39)40-18-8-13-23-47(40)52-48)34-25-27-37(28-26-34)50(36-16-4-3-5-17-36)38-29-24-33-14-6-7-15-35(33)30-38/h3-32H,1-2H3. The minimum absolute atomic E-state index is 0.134. The largest absolute Gasteiger partial charge is 0.455 e. The highest BCUT2D eigenvalue weighted by molar-refractivity contribution is 6.12. The predicted molar refractivity (Wildman–Crippen MR) is 218 cm³/mol. The smallest absolute Gasteiger partial charge is 0.143 e. The first-order valence-electron chi connectivity index (χ1n) is 17.9. The van der Waals surface area contributed by atoms with Gasteiger partial charge in [0.1, 0.15) is 11.2 Å². The van der Waals surface area contributed by atoms with Gasteiger partial charge in [0.25, 0.3) is 0 Å². The van der Waals surface area contributed by atoms with Gasteiger partial charge in [-0.15, -0.1) is 0 Å². The van der Waals surface area contributed by atoms with Crippen molar-refractivity contribution in [2.24, 2.45) is 0 Å². The summed E-state index contributed by atoms with van der Waals surface area (Å²) in [5, 5.41) is 4.66. The van der Waals surface area contributed by atoms with Crippen LogP contribution >= 0.6 is 0 Å². The first-order chi connectivity index (χ1) is 25.5. The molecule has 0 amide bonds. The molecule has 0 N–H and O–H groups in total. The van der Waals surface area contributed by atoms with Gasteiger partial charge in [0.15, 0.2) is 0 Å². The van der Waals surface area contributed by atoms with Crippen molar-refractivity contribution < 1.29 is 4.42 Å². The fourth-order valence-electron chi connectivity index (χ4n) is 8.23. The first-order valence-corrected chi connectivity index (χ1v) is 17.9. The van der Waals surface area contributed by atoms with E-state index in [1.165, 1.54) is 33.3 Å². The van der Waals surface area contributed by atoms with Crippen LogP contribution in [0.25, 0.3) is 43.8 Å². The highest BCUT2D eigenvalue weighted by Gasteiger charge is 2.36. The average molecular weight is 669 g/mol. The van der Waals surface area contributed by atoms with Gasteiger partial charge in [0.05, 0.1) is 11.4 Å². The summed E-state index contributed by atoms with van der Waals surface area (Å²) in [5.74, 6) is 0. The molecule has 9 aromatic rings. The van der Waals surface area contributed by atoms with Gasteiger partial charge in [-0.2, -0.15) is 0 Å². The second kappa shape index (κ2) is 11.8. The molecule has 8 aromatic carbocycles. The summed E-state index contributed by atoms with van der Waals surface area (Å²) in [6.07, 6.45) is 0. The van der Waals surface area contributed by atoms with Gasteiger partial charge >= 0.3 is 0 Å². The zero-order valence-corrected chi connectivity index (χ0v) is 29.1. The van der Waals surface area contributed by atoms with E-state index in [9.17, 15) is 0 Å². The van der Waals surface area contributed by atoms with Crippen LogP contribution in [-0.2, 0) is 5.41 Å². The third-order valence-corrected chi connectivity index (χ3v) is 10.8. The van der Waals surface area contributed by atoms with Crippen LogP contribution in [0.2, 0.25) is 0 Å². The molecule has 0 fully saturated rings. The van der Waals surface area contributed by atoms with Crippen LogP contribution in [0.1, 0.15) is 25.0 Å². The number of para-hydroxylation sites is 4. The van der Waals surface area contributed by atoms with Crippen molar-refractivity contribution in [1.29, 1.82) is 0 Å². The Labute approximate surface area is 303 Å². The lowest BCUT2D eigenvalue weighted by atomic mass is 9.73. The second-order valence-electron chi connectivity index (χ2n) is 14.2. The second-order valence-corrected chi connectivity index (χ2v) is 14.2. The topological polar surface area (TPSA) is 19.6 Å². The highest BCUT2D eigenvalue weighted by Crippen LogP contribution is 2.53. The molecule has 0 bridgehead atoms. The van der Waals surface area contributed by atoms with E-state index in [0.717, 1.165) is 55.8 Å². The van der Waals surface area contributed by atoms with Gasteiger partial charge in [0, 0.05) is 44.5 Å². The van der Waals surface area contributed by atoms with E-state index in [0.29, 0.717) is 0 Å². The van der Waals surface area contributed by atoms with Crippen molar-refractivity contribution in [3.05, 3.63) is 193 Å². The Hall–Kier alpha value is -6.58. The molecule has 0 saturated carbocycles. The summed E-state index contributed by atoms with van der Waals surface area (Å²) in [5.41, 5.74) is 13.3. The van der Waals surface area contributed by atoms with Crippen LogP contribution < -0.4 is 9.80 Å². The van der Waals surface area contributed by atoms with Gasteiger partial charge in [0.2, 0.25) is 0 Å². The van der Waals surface area contributed by atoms with Gasteiger partial charge in [-0.1, -0.05) is 129 Å². The molecule has 3 heteroatoms. The van der Waals surface area contributed by atoms with Crippen molar-refractivity contribution in [2.45, 2.75) is 19.3 Å². The summed E-state index contributed by atoms with van der Waals surface area (Å²) < 4.78 is 6.68. The van der Waals surface area contributed by atoms with E-state index in [-0.39, 0.29) is 5.41 Å². The molecule has 2 heterocycles. The maximum atomic E-state index is 6.68. The zero-order valence-electron chi connectivity index (χ0n) is 29.1. The van der Waals surface area contributed by atoms with Crippen LogP contribution in [0.3, 0.4) is 0 Å². The van der Waals surface area contributed by atoms with Crippen molar-refractivity contribution in [2.75, 3.05) is 9.80 Å². The summed E-state index contributed by atoms with van der Waals surface area (Å²) in [4.78, 5) is 4.76. The lowest BCUT2D eigenvalue weighted by molar-refractivity contribution is 0.632. The number of benzene rings is 8. The average Bonchev–Trinajstić information content (AvgIpc) is 3.57. The summed E-state index contributed by atoms with van der Waals surface area (Å²) >= 11 is 0. The Morgan fingerprint density at radius 1 is 0.481 bits per heavy atom. The third-order valence-electron chi connectivity index (χ3n) is 10.8. The van der Waals surface area contributed by atoms with Gasteiger partial charge in [-0.05, 0) is 94.2 Å². The maximum absolute atomic E-state index is 6.68. The van der Waals surface area contributed by atoms with E-state index < -0.39 is 0 Å². The molecular weight excluding hydrogens is 633 g/mol. The van der Waals surface area contributed by atoms with Crippen molar-refractivity contribution in [3.8, 4) is 11.1 Å². The number of nitrogens with zero attached hydrogens (tertiary/aromatic N) is 2. The Bertz CT molecular complexity index is 2730. The molecule has 1 aromatic heterocycles. The minimum atomic E-state index is -0.134. The van der Waals surface area contributed by atoms with Crippen molar-refractivity contribution >= 4 is 66.8 Å². The van der Waals surface area contributed by atoms with E-state index in [2.05, 4.69) is 200 Å². The Morgan fingerprint density at radius 2 is 1.08 bits per heavy atom. The fourth-order valence-corrected chi connectivity index (χ4v) is 8.23. The Kier molecular flexibility index (Phi) is 6.84. The van der Waals surface area contributed by atoms with Gasteiger partial charge < -0.3 is 14.2 Å². The van der Waals surface area contributed by atoms with E-state index >= 15 is 0 Å². The number of hydrogen-bond donors (Lipinski definition) is 0. The summed E-state index contributed by atoms with van der Waals surface area (Å²) in [6, 6.07) is 65.4. The van der Waals surface area contributed by atoms with Gasteiger partial charge in [-0.25, -0.2) is 0 Å². The molecule has 52 heavy (non-hydrogen) atoms. The highest BCUT2D eigenvalue weighted by atomic mass is 16.3. The van der Waals surface area contributed by atoms with Crippen molar-refractivity contribution in [3.63, 3.8) is 0 Å². The Morgan fingerprint density at radius 3 is 1.83 bits per heavy atom. The molecule has 1 aliphatic rings. The molecular formula is C49H36N2O. The quantitative estimate of drug-likeness (QED) is 0.182. The lowest BCUT2D eigenvalue weighted by Crippen LogP contribution is -2.30. The van der Waals surface area contributed by atoms with Crippen LogP contribution in [0, 0.1) is 0 Å². The number of anilines is 6. The van der Waals surface area contributed by atoms with E-state index in [4.69, 9.17) is 4.42 Å².